The van der Waals surface area contributed by atoms with Crippen LogP contribution >= 0.6 is 0 Å². The van der Waals surface area contributed by atoms with Crippen molar-refractivity contribution in [1.82, 2.24) is 14.9 Å². The van der Waals surface area contributed by atoms with Crippen LogP contribution in [0.3, 0.4) is 0 Å². The van der Waals surface area contributed by atoms with Crippen molar-refractivity contribution in [2.24, 2.45) is 11.0 Å². The van der Waals surface area contributed by atoms with Crippen molar-refractivity contribution < 1.29 is 9.59 Å². The first-order chi connectivity index (χ1) is 13.5. The predicted molar refractivity (Wildman–Crippen MR) is 107 cm³/mol. The molecule has 3 amide bonds. The van der Waals surface area contributed by atoms with Crippen molar-refractivity contribution in [3.8, 4) is 0 Å². The van der Waals surface area contributed by atoms with Gasteiger partial charge >= 0.3 is 6.03 Å². The number of aromatic nitrogens is 1. The highest BCUT2D eigenvalue weighted by atomic mass is 16.2. The molecule has 0 fully saturated rings. The number of fused-ring (bicyclic) bond motifs is 1. The Morgan fingerprint density at radius 3 is 2.64 bits per heavy atom. The fourth-order valence-electron chi connectivity index (χ4n) is 3.63. The van der Waals surface area contributed by atoms with Gasteiger partial charge in [-0.25, -0.2) is 9.80 Å². The van der Waals surface area contributed by atoms with Crippen LogP contribution in [0.1, 0.15) is 37.0 Å². The van der Waals surface area contributed by atoms with Gasteiger partial charge < -0.3 is 10.2 Å². The predicted octanol–water partition coefficient (Wildman–Crippen LogP) is 3.22. The van der Waals surface area contributed by atoms with Gasteiger partial charge in [-0.1, -0.05) is 19.1 Å². The lowest BCUT2D eigenvalue weighted by molar-refractivity contribution is -0.132. The minimum atomic E-state index is -0.130. The lowest BCUT2D eigenvalue weighted by Gasteiger charge is -2.26. The van der Waals surface area contributed by atoms with Crippen molar-refractivity contribution in [2.45, 2.75) is 33.4 Å². The molecule has 1 N–H and O–H groups in total. The average Bonchev–Trinajstić information content (AvgIpc) is 3.13. The molecule has 2 aromatic rings. The van der Waals surface area contributed by atoms with Crippen LogP contribution < -0.4 is 5.32 Å². The second-order valence-electron chi connectivity index (χ2n) is 7.21. The molecule has 0 radical (unpaired) electrons. The second kappa shape index (κ2) is 7.42. The Morgan fingerprint density at radius 2 is 1.93 bits per heavy atom. The normalized spacial score (nSPS) is 18.7. The van der Waals surface area contributed by atoms with Gasteiger partial charge in [0.25, 0.3) is 0 Å². The van der Waals surface area contributed by atoms with Gasteiger partial charge in [-0.05, 0) is 41.8 Å². The van der Waals surface area contributed by atoms with Crippen LogP contribution in [0.2, 0.25) is 0 Å². The molecule has 2 aliphatic heterocycles. The van der Waals surface area contributed by atoms with Gasteiger partial charge in [-0.3, -0.25) is 9.78 Å². The highest BCUT2D eigenvalue weighted by molar-refractivity contribution is 6.06. The minimum absolute atomic E-state index is 0.0597. The van der Waals surface area contributed by atoms with Crippen LogP contribution in [0, 0.1) is 5.92 Å². The Bertz CT molecular complexity index is 913. The van der Waals surface area contributed by atoms with Crippen LogP contribution in [-0.4, -0.2) is 39.1 Å². The van der Waals surface area contributed by atoms with E-state index < -0.39 is 0 Å². The fraction of sp³-hybridized carbons (Fsp3) is 0.333. The Labute approximate surface area is 164 Å². The summed E-state index contributed by atoms with van der Waals surface area (Å²) in [7, 11) is 0. The van der Waals surface area contributed by atoms with Crippen molar-refractivity contribution >= 4 is 23.3 Å². The summed E-state index contributed by atoms with van der Waals surface area (Å²) in [5.74, 6) is 0.136. The van der Waals surface area contributed by atoms with Gasteiger partial charge in [0, 0.05) is 50.1 Å². The molecule has 28 heavy (non-hydrogen) atoms. The standard InChI is InChI=1S/C21H23N5O2/c1-3-26-19(27)10-14(2)20(24-26)15-4-6-18(7-5-15)23-21(28)25-12-16-8-9-22-11-17(16)13-25/h4-9,11,14H,3,10,12-13H2,1-2H3,(H,23,28). The van der Waals surface area contributed by atoms with Crippen molar-refractivity contribution in [1.29, 1.82) is 0 Å². The minimum Gasteiger partial charge on any atom is -0.316 e. The van der Waals surface area contributed by atoms with E-state index in [1.807, 2.05) is 50.4 Å². The molecular formula is C21H23N5O2. The molecule has 0 spiro atoms. The quantitative estimate of drug-likeness (QED) is 0.892. The van der Waals surface area contributed by atoms with Crippen molar-refractivity contribution in [3.05, 3.63) is 59.4 Å². The molecule has 1 aromatic carbocycles. The number of nitrogens with zero attached hydrogens (tertiary/aromatic N) is 4. The molecule has 4 rings (SSSR count). The molecule has 1 atom stereocenters. The molecule has 0 bridgehead atoms. The molecule has 7 heteroatoms. The van der Waals surface area contributed by atoms with Crippen LogP contribution in [-0.2, 0) is 17.9 Å². The number of hydrogen-bond acceptors (Lipinski definition) is 4. The van der Waals surface area contributed by atoms with Gasteiger partial charge in [-0.15, -0.1) is 0 Å². The summed E-state index contributed by atoms with van der Waals surface area (Å²) in [4.78, 5) is 30.4. The van der Waals surface area contributed by atoms with Crippen LogP contribution in [0.4, 0.5) is 10.5 Å². The largest absolute Gasteiger partial charge is 0.322 e. The van der Waals surface area contributed by atoms with E-state index in [4.69, 9.17) is 0 Å². The topological polar surface area (TPSA) is 77.9 Å². The molecule has 0 saturated carbocycles. The summed E-state index contributed by atoms with van der Waals surface area (Å²) in [5, 5.41) is 8.98. The summed E-state index contributed by atoms with van der Waals surface area (Å²) in [6.45, 7) is 5.66. The molecular weight excluding hydrogens is 354 g/mol. The Balaban J connectivity index is 1.44. The van der Waals surface area contributed by atoms with Crippen molar-refractivity contribution in [3.63, 3.8) is 0 Å². The number of hydrazone groups is 1. The first kappa shape index (κ1) is 18.2. The molecule has 2 aliphatic rings. The maximum atomic E-state index is 12.6. The van der Waals surface area contributed by atoms with E-state index in [9.17, 15) is 9.59 Å². The summed E-state index contributed by atoms with van der Waals surface area (Å²) in [6.07, 6.45) is 4.03. The number of anilines is 1. The Kier molecular flexibility index (Phi) is 4.81. The zero-order chi connectivity index (χ0) is 19.7. The van der Waals surface area contributed by atoms with E-state index in [2.05, 4.69) is 15.4 Å². The number of carbonyl (C=O) groups is 2. The number of carbonyl (C=O) groups excluding carboxylic acids is 2. The zero-order valence-electron chi connectivity index (χ0n) is 16.1. The summed E-state index contributed by atoms with van der Waals surface area (Å²) in [5.41, 5.74) is 4.83. The number of rotatable bonds is 3. The third-order valence-electron chi connectivity index (χ3n) is 5.21. The van der Waals surface area contributed by atoms with Gasteiger partial charge in [-0.2, -0.15) is 5.10 Å². The van der Waals surface area contributed by atoms with E-state index in [0.29, 0.717) is 26.1 Å². The van der Waals surface area contributed by atoms with E-state index in [0.717, 1.165) is 28.1 Å². The molecule has 1 unspecified atom stereocenters. The van der Waals surface area contributed by atoms with Crippen molar-refractivity contribution in [2.75, 3.05) is 11.9 Å². The fourth-order valence-corrected chi connectivity index (χ4v) is 3.63. The van der Waals surface area contributed by atoms with E-state index in [-0.39, 0.29) is 17.9 Å². The smallest absolute Gasteiger partial charge is 0.316 e. The molecule has 0 saturated heterocycles. The molecule has 0 aliphatic carbocycles. The molecule has 1 aromatic heterocycles. The first-order valence-corrected chi connectivity index (χ1v) is 9.52. The average molecular weight is 377 g/mol. The van der Waals surface area contributed by atoms with Crippen LogP contribution in [0.5, 0.6) is 0 Å². The lowest BCUT2D eigenvalue weighted by Crippen LogP contribution is -2.36. The maximum absolute atomic E-state index is 12.6. The molecule has 7 nitrogen and oxygen atoms in total. The zero-order valence-corrected chi connectivity index (χ0v) is 16.1. The molecule has 3 heterocycles. The number of urea groups is 1. The number of nitrogens with one attached hydrogen (secondary N) is 1. The lowest BCUT2D eigenvalue weighted by atomic mass is 9.93. The van der Waals surface area contributed by atoms with E-state index in [1.54, 1.807) is 11.1 Å². The Morgan fingerprint density at radius 1 is 1.18 bits per heavy atom. The third kappa shape index (κ3) is 3.47. The number of amides is 3. The van der Waals surface area contributed by atoms with E-state index in [1.165, 1.54) is 5.01 Å². The summed E-state index contributed by atoms with van der Waals surface area (Å²) in [6, 6.07) is 9.46. The summed E-state index contributed by atoms with van der Waals surface area (Å²) >= 11 is 0. The number of benzene rings is 1. The Hall–Kier alpha value is -3.22. The SMILES string of the molecule is CCN1N=C(c2ccc(NC(=O)N3Cc4ccncc4C3)cc2)C(C)CC1=O. The monoisotopic (exact) mass is 377 g/mol. The number of pyridine rings is 1. The van der Waals surface area contributed by atoms with Crippen LogP contribution in [0.25, 0.3) is 0 Å². The van der Waals surface area contributed by atoms with Gasteiger partial charge in [0.15, 0.2) is 0 Å². The summed E-state index contributed by atoms with van der Waals surface area (Å²) < 4.78 is 0. The molecule has 144 valence electrons. The third-order valence-corrected chi connectivity index (χ3v) is 5.21. The first-order valence-electron chi connectivity index (χ1n) is 9.52. The van der Waals surface area contributed by atoms with Gasteiger partial charge in [0.1, 0.15) is 0 Å². The van der Waals surface area contributed by atoms with E-state index >= 15 is 0 Å². The highest BCUT2D eigenvalue weighted by Gasteiger charge is 2.27. The van der Waals surface area contributed by atoms with Crippen LogP contribution in [0.15, 0.2) is 47.8 Å². The highest BCUT2D eigenvalue weighted by Crippen LogP contribution is 2.24. The maximum Gasteiger partial charge on any atom is 0.322 e. The van der Waals surface area contributed by atoms with Gasteiger partial charge in [0.05, 0.1) is 5.71 Å². The second-order valence-corrected chi connectivity index (χ2v) is 7.21. The van der Waals surface area contributed by atoms with Gasteiger partial charge in [0.2, 0.25) is 5.91 Å². The number of hydrogen-bond donors (Lipinski definition) is 1.